The highest BCUT2D eigenvalue weighted by molar-refractivity contribution is 5.79. The van der Waals surface area contributed by atoms with Crippen LogP contribution in [0.3, 0.4) is 0 Å². The maximum atomic E-state index is 14.7. The van der Waals surface area contributed by atoms with Crippen molar-refractivity contribution in [2.24, 2.45) is 0 Å². The molecule has 0 radical (unpaired) electrons. The number of pyridine rings is 1. The molecule has 0 amide bonds. The van der Waals surface area contributed by atoms with Crippen molar-refractivity contribution >= 4 is 11.8 Å². The van der Waals surface area contributed by atoms with E-state index in [1.165, 1.54) is 31.2 Å². The minimum atomic E-state index is -1.12. The van der Waals surface area contributed by atoms with E-state index >= 15 is 0 Å². The van der Waals surface area contributed by atoms with Gasteiger partial charge in [0.05, 0.1) is 6.61 Å². The SMILES string of the molecule is COC[C@@H](F)CN(CCCCc1ccc2c(n1)CCCC2)CC[C@H](Nc1ccnc(-c2ccccc2)n1)C(=O)OC(C)(C)C. The van der Waals surface area contributed by atoms with Crippen molar-refractivity contribution in [3.05, 3.63) is 71.7 Å². The number of rotatable bonds is 16. The number of anilines is 1. The van der Waals surface area contributed by atoms with Crippen molar-refractivity contribution in [3.8, 4) is 11.4 Å². The quantitative estimate of drug-likeness (QED) is 0.152. The predicted molar refractivity (Wildman–Crippen MR) is 172 cm³/mol. The van der Waals surface area contributed by atoms with Crippen molar-refractivity contribution in [3.63, 3.8) is 0 Å². The molecule has 0 saturated heterocycles. The fraction of sp³-hybridized carbons (Fsp3) is 0.543. The monoisotopic (exact) mass is 605 g/mol. The van der Waals surface area contributed by atoms with Crippen LogP contribution < -0.4 is 5.32 Å². The first-order valence-electron chi connectivity index (χ1n) is 15.9. The first-order chi connectivity index (χ1) is 21.2. The van der Waals surface area contributed by atoms with Crippen LogP contribution in [0, 0.1) is 0 Å². The molecule has 9 heteroatoms. The highest BCUT2D eigenvalue weighted by Crippen LogP contribution is 2.21. The zero-order valence-electron chi connectivity index (χ0n) is 26.7. The summed E-state index contributed by atoms with van der Waals surface area (Å²) in [6, 6.07) is 15.2. The van der Waals surface area contributed by atoms with Crippen molar-refractivity contribution in [1.82, 2.24) is 19.9 Å². The first-order valence-corrected chi connectivity index (χ1v) is 15.9. The van der Waals surface area contributed by atoms with Gasteiger partial charge in [0.15, 0.2) is 5.82 Å². The summed E-state index contributed by atoms with van der Waals surface area (Å²) >= 11 is 0. The van der Waals surface area contributed by atoms with E-state index in [0.717, 1.165) is 43.4 Å². The van der Waals surface area contributed by atoms with Crippen molar-refractivity contribution in [1.29, 1.82) is 0 Å². The van der Waals surface area contributed by atoms with Crippen LogP contribution in [-0.2, 0) is 33.5 Å². The van der Waals surface area contributed by atoms with E-state index in [9.17, 15) is 9.18 Å². The molecule has 2 atom stereocenters. The Morgan fingerprint density at radius 3 is 2.59 bits per heavy atom. The molecule has 8 nitrogen and oxygen atoms in total. The van der Waals surface area contributed by atoms with Crippen LogP contribution in [0.2, 0.25) is 0 Å². The zero-order valence-corrected chi connectivity index (χ0v) is 26.7. The van der Waals surface area contributed by atoms with Crippen LogP contribution in [0.25, 0.3) is 11.4 Å². The number of aromatic nitrogens is 3. The Morgan fingerprint density at radius 1 is 1.02 bits per heavy atom. The number of hydrogen-bond donors (Lipinski definition) is 1. The number of unbranched alkanes of at least 4 members (excludes halogenated alkanes) is 1. The molecule has 0 fully saturated rings. The average molecular weight is 606 g/mol. The molecular formula is C35H48FN5O3. The van der Waals surface area contributed by atoms with Gasteiger partial charge in [-0.25, -0.2) is 19.2 Å². The number of hydrogen-bond acceptors (Lipinski definition) is 8. The minimum absolute atomic E-state index is 0.0342. The number of esters is 1. The van der Waals surface area contributed by atoms with E-state index in [-0.39, 0.29) is 19.1 Å². The average Bonchev–Trinajstić information content (AvgIpc) is 3.00. The Morgan fingerprint density at radius 2 is 1.82 bits per heavy atom. The summed E-state index contributed by atoms with van der Waals surface area (Å²) in [5.41, 5.74) is 4.02. The van der Waals surface area contributed by atoms with Crippen molar-refractivity contribution in [2.75, 3.05) is 38.7 Å². The third kappa shape index (κ3) is 10.9. The van der Waals surface area contributed by atoms with Gasteiger partial charge in [0.1, 0.15) is 23.6 Å². The summed E-state index contributed by atoms with van der Waals surface area (Å²) in [6.07, 6.45) is 8.41. The number of ether oxygens (including phenoxy) is 2. The Bertz CT molecular complexity index is 1320. The summed E-state index contributed by atoms with van der Waals surface area (Å²) in [7, 11) is 1.51. The van der Waals surface area contributed by atoms with Crippen LogP contribution >= 0.6 is 0 Å². The number of carbonyl (C=O) groups excluding carboxylic acids is 1. The van der Waals surface area contributed by atoms with Crippen LogP contribution in [0.4, 0.5) is 10.2 Å². The van der Waals surface area contributed by atoms with Gasteiger partial charge in [-0.1, -0.05) is 36.4 Å². The van der Waals surface area contributed by atoms with Crippen LogP contribution in [0.15, 0.2) is 54.7 Å². The molecule has 0 aliphatic heterocycles. The first kappa shape index (κ1) is 33.5. The lowest BCUT2D eigenvalue weighted by Gasteiger charge is -2.28. The van der Waals surface area contributed by atoms with Gasteiger partial charge in [-0.2, -0.15) is 0 Å². The highest BCUT2D eigenvalue weighted by Gasteiger charge is 2.27. The lowest BCUT2D eigenvalue weighted by Crippen LogP contribution is -2.41. The molecule has 1 aliphatic rings. The lowest BCUT2D eigenvalue weighted by molar-refractivity contribution is -0.156. The third-order valence-corrected chi connectivity index (χ3v) is 7.63. The normalized spacial score (nSPS) is 14.6. The van der Waals surface area contributed by atoms with E-state index in [1.807, 2.05) is 51.1 Å². The van der Waals surface area contributed by atoms with E-state index in [1.54, 1.807) is 12.3 Å². The summed E-state index contributed by atoms with van der Waals surface area (Å²) in [5.74, 6) is 0.722. The van der Waals surface area contributed by atoms with E-state index < -0.39 is 17.8 Å². The maximum Gasteiger partial charge on any atom is 0.329 e. The van der Waals surface area contributed by atoms with Gasteiger partial charge in [0.2, 0.25) is 0 Å². The molecule has 238 valence electrons. The summed E-state index contributed by atoms with van der Waals surface area (Å²) < 4.78 is 25.6. The van der Waals surface area contributed by atoms with Crippen LogP contribution in [0.1, 0.15) is 69.8 Å². The molecule has 44 heavy (non-hydrogen) atoms. The van der Waals surface area contributed by atoms with Gasteiger partial charge in [-0.3, -0.25) is 4.98 Å². The second kappa shape index (κ2) is 16.6. The smallest absolute Gasteiger partial charge is 0.329 e. The number of fused-ring (bicyclic) bond motifs is 1. The van der Waals surface area contributed by atoms with Crippen LogP contribution in [-0.4, -0.2) is 77.0 Å². The predicted octanol–water partition coefficient (Wildman–Crippen LogP) is 6.24. The number of alkyl halides is 1. The van der Waals surface area contributed by atoms with Gasteiger partial charge in [0.25, 0.3) is 0 Å². The van der Waals surface area contributed by atoms with Gasteiger partial charge in [0, 0.05) is 43.3 Å². The summed E-state index contributed by atoms with van der Waals surface area (Å²) in [6.45, 7) is 7.04. The molecule has 1 aliphatic carbocycles. The lowest BCUT2D eigenvalue weighted by atomic mass is 9.95. The molecule has 0 bridgehead atoms. The molecule has 4 rings (SSSR count). The topological polar surface area (TPSA) is 89.5 Å². The molecule has 1 N–H and O–H groups in total. The zero-order chi connectivity index (χ0) is 31.4. The maximum absolute atomic E-state index is 14.7. The second-order valence-corrected chi connectivity index (χ2v) is 12.6. The Kier molecular flexibility index (Phi) is 12.6. The largest absolute Gasteiger partial charge is 0.458 e. The molecule has 2 aromatic heterocycles. The number of halogens is 1. The molecule has 2 heterocycles. The van der Waals surface area contributed by atoms with E-state index in [4.69, 9.17) is 14.5 Å². The fourth-order valence-electron chi connectivity index (χ4n) is 5.49. The van der Waals surface area contributed by atoms with Gasteiger partial charge < -0.3 is 19.7 Å². The standard InChI is InChI=1S/C35H48FN5O3/c1-35(2,3)44-34(42)31(39-32-19-21-37-33(40-32)27-13-6-5-7-14-27)20-23-41(24-28(36)25-43-4)22-11-10-15-29-18-17-26-12-8-9-16-30(26)38-29/h5-7,13-14,17-19,21,28,31H,8-12,15-16,20,22-25H2,1-4H3,(H,37,39,40)/t28-,31-/m0/s1. The second-order valence-electron chi connectivity index (χ2n) is 12.6. The number of methoxy groups -OCH3 is 1. The Labute approximate surface area is 261 Å². The molecular weight excluding hydrogens is 557 g/mol. The van der Waals surface area contributed by atoms with Gasteiger partial charge >= 0.3 is 5.97 Å². The molecule has 0 unspecified atom stereocenters. The number of benzene rings is 1. The van der Waals surface area contributed by atoms with Crippen molar-refractivity contribution < 1.29 is 18.7 Å². The highest BCUT2D eigenvalue weighted by atomic mass is 19.1. The summed E-state index contributed by atoms with van der Waals surface area (Å²) in [5, 5.41) is 3.28. The Balaban J connectivity index is 1.40. The van der Waals surface area contributed by atoms with E-state index in [2.05, 4.69) is 32.3 Å². The van der Waals surface area contributed by atoms with Crippen LogP contribution in [0.5, 0.6) is 0 Å². The number of carbonyl (C=O) groups is 1. The van der Waals surface area contributed by atoms with Crippen molar-refractivity contribution in [2.45, 2.75) is 90.0 Å². The third-order valence-electron chi connectivity index (χ3n) is 7.63. The van der Waals surface area contributed by atoms with Gasteiger partial charge in [-0.15, -0.1) is 0 Å². The van der Waals surface area contributed by atoms with E-state index in [0.29, 0.717) is 31.2 Å². The van der Waals surface area contributed by atoms with Gasteiger partial charge in [-0.05, 0) is 96.4 Å². The molecule has 0 spiro atoms. The summed E-state index contributed by atoms with van der Waals surface area (Å²) in [4.78, 5) is 29.4. The fourth-order valence-corrected chi connectivity index (χ4v) is 5.49. The molecule has 3 aromatic rings. The molecule has 0 saturated carbocycles. The number of nitrogens with zero attached hydrogens (tertiary/aromatic N) is 4. The Hall–Kier alpha value is -3.43. The number of nitrogens with one attached hydrogen (secondary N) is 1. The molecule has 1 aromatic carbocycles. The number of aryl methyl sites for hydroxylation is 3. The minimum Gasteiger partial charge on any atom is -0.458 e.